The fourth-order valence-electron chi connectivity index (χ4n) is 2.24. The highest BCUT2D eigenvalue weighted by Crippen LogP contribution is 2.21. The Morgan fingerprint density at radius 2 is 2.21 bits per heavy atom. The summed E-state index contributed by atoms with van der Waals surface area (Å²) in [6.07, 6.45) is 1.80. The fraction of sp³-hybridized carbons (Fsp3) is 0.538. The molecule has 1 aromatic rings. The fourth-order valence-corrected chi connectivity index (χ4v) is 3.65. The lowest BCUT2D eigenvalue weighted by molar-refractivity contribution is 0.0979. The van der Waals surface area contributed by atoms with E-state index in [9.17, 15) is 12.8 Å². The van der Waals surface area contributed by atoms with Crippen LogP contribution in [0, 0.1) is 12.7 Å². The highest BCUT2D eigenvalue weighted by atomic mass is 32.2. The molecule has 1 heterocycles. The molecule has 0 amide bonds. The van der Waals surface area contributed by atoms with Gasteiger partial charge in [0, 0.05) is 20.2 Å². The molecular weight excluding hydrogens is 269 g/mol. The van der Waals surface area contributed by atoms with E-state index in [4.69, 9.17) is 4.74 Å². The lowest BCUT2D eigenvalue weighted by atomic mass is 10.2. The van der Waals surface area contributed by atoms with Crippen molar-refractivity contribution in [3.05, 3.63) is 29.6 Å². The second kappa shape index (κ2) is 5.56. The summed E-state index contributed by atoms with van der Waals surface area (Å²) in [5, 5.41) is 0. The molecule has 1 saturated heterocycles. The maximum Gasteiger partial charge on any atom is 0.243 e. The minimum Gasteiger partial charge on any atom is -0.377 e. The molecule has 0 spiro atoms. The number of nitrogens with zero attached hydrogens (tertiary/aromatic N) is 1. The Kier molecular flexibility index (Phi) is 4.23. The van der Waals surface area contributed by atoms with Crippen LogP contribution in [0.1, 0.15) is 18.4 Å². The normalized spacial score (nSPS) is 20.1. The molecule has 0 aliphatic carbocycles. The number of rotatable bonds is 4. The Bertz CT molecular complexity index is 553. The van der Waals surface area contributed by atoms with E-state index in [1.54, 1.807) is 6.92 Å². The largest absolute Gasteiger partial charge is 0.377 e. The average Bonchev–Trinajstić information content (AvgIpc) is 2.81. The molecule has 1 aromatic carbocycles. The Labute approximate surface area is 113 Å². The lowest BCUT2D eigenvalue weighted by Crippen LogP contribution is -2.34. The maximum atomic E-state index is 13.0. The zero-order chi connectivity index (χ0) is 14.0. The SMILES string of the molecule is Cc1cc(F)ccc1S(=O)(=O)N(C)CC1CCCO1. The molecule has 2 rings (SSSR count). The maximum absolute atomic E-state index is 13.0. The van der Waals surface area contributed by atoms with Gasteiger partial charge in [-0.1, -0.05) is 0 Å². The summed E-state index contributed by atoms with van der Waals surface area (Å²) < 4.78 is 44.6. The summed E-state index contributed by atoms with van der Waals surface area (Å²) in [5.74, 6) is -0.432. The molecule has 1 atom stereocenters. The van der Waals surface area contributed by atoms with Gasteiger partial charge >= 0.3 is 0 Å². The van der Waals surface area contributed by atoms with Crippen molar-refractivity contribution in [3.63, 3.8) is 0 Å². The van der Waals surface area contributed by atoms with E-state index in [1.165, 1.54) is 29.6 Å². The van der Waals surface area contributed by atoms with Gasteiger partial charge in [-0.15, -0.1) is 0 Å². The molecule has 6 heteroatoms. The highest BCUT2D eigenvalue weighted by Gasteiger charge is 2.27. The predicted molar refractivity (Wildman–Crippen MR) is 69.9 cm³/mol. The van der Waals surface area contributed by atoms with Gasteiger partial charge in [0.1, 0.15) is 5.82 Å². The molecule has 0 aromatic heterocycles. The van der Waals surface area contributed by atoms with Crippen LogP contribution in [0.3, 0.4) is 0 Å². The molecule has 1 aliphatic heterocycles. The minimum absolute atomic E-state index is 0.0412. The van der Waals surface area contributed by atoms with E-state index in [0.29, 0.717) is 18.7 Å². The molecule has 106 valence electrons. The van der Waals surface area contributed by atoms with Crippen molar-refractivity contribution in [1.29, 1.82) is 0 Å². The second-order valence-corrected chi connectivity index (χ2v) is 6.84. The van der Waals surface area contributed by atoms with E-state index < -0.39 is 15.8 Å². The zero-order valence-corrected chi connectivity index (χ0v) is 11.9. The van der Waals surface area contributed by atoms with Crippen LogP contribution in [-0.2, 0) is 14.8 Å². The van der Waals surface area contributed by atoms with Crippen molar-refractivity contribution in [2.24, 2.45) is 0 Å². The molecule has 1 aliphatic rings. The van der Waals surface area contributed by atoms with Gasteiger partial charge in [-0.05, 0) is 43.5 Å². The highest BCUT2D eigenvalue weighted by molar-refractivity contribution is 7.89. The predicted octanol–water partition coefficient (Wildman–Crippen LogP) is 1.93. The molecule has 4 nitrogen and oxygen atoms in total. The van der Waals surface area contributed by atoms with Crippen LogP contribution in [0.5, 0.6) is 0 Å². The first-order chi connectivity index (χ1) is 8.91. The number of sulfonamides is 1. The van der Waals surface area contributed by atoms with E-state index >= 15 is 0 Å². The first-order valence-electron chi connectivity index (χ1n) is 6.25. The Morgan fingerprint density at radius 3 is 2.79 bits per heavy atom. The van der Waals surface area contributed by atoms with Crippen LogP contribution in [0.2, 0.25) is 0 Å². The Morgan fingerprint density at radius 1 is 1.47 bits per heavy atom. The van der Waals surface area contributed by atoms with Crippen LogP contribution >= 0.6 is 0 Å². The first-order valence-corrected chi connectivity index (χ1v) is 7.69. The zero-order valence-electron chi connectivity index (χ0n) is 11.1. The quantitative estimate of drug-likeness (QED) is 0.850. The van der Waals surface area contributed by atoms with Crippen LogP contribution in [0.15, 0.2) is 23.1 Å². The minimum atomic E-state index is -3.59. The van der Waals surface area contributed by atoms with Gasteiger partial charge in [-0.3, -0.25) is 0 Å². The van der Waals surface area contributed by atoms with E-state index in [2.05, 4.69) is 0 Å². The monoisotopic (exact) mass is 287 g/mol. The summed E-state index contributed by atoms with van der Waals surface area (Å²) in [5.41, 5.74) is 0.416. The summed E-state index contributed by atoms with van der Waals surface area (Å²) in [4.78, 5) is 0.148. The first kappa shape index (κ1) is 14.4. The van der Waals surface area contributed by atoms with Crippen LogP contribution < -0.4 is 0 Å². The molecular formula is C13H18FNO3S. The van der Waals surface area contributed by atoms with Crippen molar-refractivity contribution in [3.8, 4) is 0 Å². The van der Waals surface area contributed by atoms with Gasteiger partial charge in [-0.2, -0.15) is 4.31 Å². The third kappa shape index (κ3) is 3.13. The van der Waals surface area contributed by atoms with Gasteiger partial charge in [-0.25, -0.2) is 12.8 Å². The van der Waals surface area contributed by atoms with E-state index in [0.717, 1.165) is 12.8 Å². The molecule has 0 N–H and O–H groups in total. The molecule has 19 heavy (non-hydrogen) atoms. The van der Waals surface area contributed by atoms with Crippen molar-refractivity contribution in [1.82, 2.24) is 4.31 Å². The number of hydrogen-bond donors (Lipinski definition) is 0. The van der Waals surface area contributed by atoms with E-state index in [-0.39, 0.29) is 11.0 Å². The molecule has 0 bridgehead atoms. The number of ether oxygens (including phenoxy) is 1. The summed E-state index contributed by atoms with van der Waals surface area (Å²) in [6.45, 7) is 2.61. The number of hydrogen-bond acceptors (Lipinski definition) is 3. The average molecular weight is 287 g/mol. The number of benzene rings is 1. The van der Waals surface area contributed by atoms with Crippen molar-refractivity contribution in [2.75, 3.05) is 20.2 Å². The third-order valence-corrected chi connectivity index (χ3v) is 5.29. The summed E-state index contributed by atoms with van der Waals surface area (Å²) in [6, 6.07) is 3.71. The van der Waals surface area contributed by atoms with Gasteiger partial charge < -0.3 is 4.74 Å². The van der Waals surface area contributed by atoms with Crippen molar-refractivity contribution < 1.29 is 17.5 Å². The number of halogens is 1. The van der Waals surface area contributed by atoms with Crippen LogP contribution in [-0.4, -0.2) is 39.0 Å². The van der Waals surface area contributed by atoms with Gasteiger partial charge in [0.05, 0.1) is 11.0 Å². The molecule has 0 radical (unpaired) electrons. The topological polar surface area (TPSA) is 46.6 Å². The lowest BCUT2D eigenvalue weighted by Gasteiger charge is -2.21. The van der Waals surface area contributed by atoms with Crippen molar-refractivity contribution in [2.45, 2.75) is 30.8 Å². The second-order valence-electron chi connectivity index (χ2n) is 4.83. The Hall–Kier alpha value is -0.980. The van der Waals surface area contributed by atoms with Gasteiger partial charge in [0.2, 0.25) is 10.0 Å². The molecule has 0 saturated carbocycles. The summed E-state index contributed by atoms with van der Waals surface area (Å²) >= 11 is 0. The standard InChI is InChI=1S/C13H18FNO3S/c1-10-8-11(14)5-6-13(10)19(16,17)15(2)9-12-4-3-7-18-12/h5-6,8,12H,3-4,7,9H2,1-2H3. The van der Waals surface area contributed by atoms with Gasteiger partial charge in [0.15, 0.2) is 0 Å². The van der Waals surface area contributed by atoms with Crippen LogP contribution in [0.4, 0.5) is 4.39 Å². The summed E-state index contributed by atoms with van der Waals surface area (Å²) in [7, 11) is -2.06. The Balaban J connectivity index is 2.20. The number of aryl methyl sites for hydroxylation is 1. The number of likely N-dealkylation sites (N-methyl/N-ethyl adjacent to an activating group) is 1. The van der Waals surface area contributed by atoms with Crippen molar-refractivity contribution >= 4 is 10.0 Å². The molecule has 1 fully saturated rings. The third-order valence-electron chi connectivity index (χ3n) is 3.31. The van der Waals surface area contributed by atoms with Crippen LogP contribution in [0.25, 0.3) is 0 Å². The van der Waals surface area contributed by atoms with E-state index in [1.807, 2.05) is 0 Å². The smallest absolute Gasteiger partial charge is 0.243 e. The molecule has 1 unspecified atom stereocenters. The van der Waals surface area contributed by atoms with Gasteiger partial charge in [0.25, 0.3) is 0 Å².